The van der Waals surface area contributed by atoms with Crippen molar-refractivity contribution < 1.29 is 13.5 Å². The summed E-state index contributed by atoms with van der Waals surface area (Å²) in [5.74, 6) is 1.18. The smallest absolute Gasteiger partial charge is 0.387 e. The van der Waals surface area contributed by atoms with Gasteiger partial charge in [0.25, 0.3) is 0 Å². The quantitative estimate of drug-likeness (QED) is 0.144. The monoisotopic (exact) mass is 531 g/mol. The van der Waals surface area contributed by atoms with Crippen molar-refractivity contribution >= 4 is 0 Å². The van der Waals surface area contributed by atoms with Gasteiger partial charge in [-0.1, -0.05) is 106 Å². The average Bonchev–Trinajstić information content (AvgIpc) is 3.31. The Morgan fingerprint density at radius 1 is 0.769 bits per heavy atom. The van der Waals surface area contributed by atoms with Gasteiger partial charge in [-0.05, 0) is 37.1 Å². The highest BCUT2D eigenvalue weighted by atomic mass is 19.3. The molecule has 0 bridgehead atoms. The van der Waals surface area contributed by atoms with Crippen molar-refractivity contribution in [2.45, 2.75) is 72.2 Å². The summed E-state index contributed by atoms with van der Waals surface area (Å²) >= 11 is 0. The number of nitrogens with zero attached hydrogens (tertiary/aromatic N) is 3. The molecule has 1 aromatic heterocycles. The fourth-order valence-corrected chi connectivity index (χ4v) is 4.88. The Bertz CT molecular complexity index is 1260. The standard InChI is InChI=1S/C33H39F2N3O/c1-3-5-13-22-37(24-26-18-20-29(21-19-26)39-33(34)35)25-30-31(27-14-9-7-10-15-27)36-32(38(30)23-6-4-2)28-16-11-8-12-17-28/h7-12,14-21,33H,3-6,13,22-25H2,1-2H3. The van der Waals surface area contributed by atoms with Crippen molar-refractivity contribution in [1.29, 1.82) is 0 Å². The Balaban J connectivity index is 1.72. The van der Waals surface area contributed by atoms with Crippen molar-refractivity contribution in [1.82, 2.24) is 14.5 Å². The molecule has 0 fully saturated rings. The molecule has 0 aliphatic heterocycles. The van der Waals surface area contributed by atoms with Gasteiger partial charge in [0.05, 0.1) is 11.4 Å². The lowest BCUT2D eigenvalue weighted by atomic mass is 10.1. The number of hydrogen-bond acceptors (Lipinski definition) is 3. The number of benzene rings is 3. The number of aromatic nitrogens is 2. The summed E-state index contributed by atoms with van der Waals surface area (Å²) < 4.78 is 32.2. The van der Waals surface area contributed by atoms with Crippen molar-refractivity contribution in [2.24, 2.45) is 0 Å². The van der Waals surface area contributed by atoms with E-state index in [0.717, 1.165) is 79.9 Å². The highest BCUT2D eigenvalue weighted by Gasteiger charge is 2.22. The van der Waals surface area contributed by atoms with Gasteiger partial charge in [-0.3, -0.25) is 4.90 Å². The van der Waals surface area contributed by atoms with E-state index in [1.165, 1.54) is 5.69 Å². The van der Waals surface area contributed by atoms with Gasteiger partial charge >= 0.3 is 6.61 Å². The minimum Gasteiger partial charge on any atom is -0.435 e. The molecule has 0 atom stereocenters. The highest BCUT2D eigenvalue weighted by Crippen LogP contribution is 2.31. The van der Waals surface area contributed by atoms with Crippen LogP contribution in [-0.2, 0) is 19.6 Å². The van der Waals surface area contributed by atoms with Gasteiger partial charge in [-0.25, -0.2) is 4.98 Å². The van der Waals surface area contributed by atoms with E-state index < -0.39 is 6.61 Å². The van der Waals surface area contributed by atoms with Gasteiger partial charge in [0, 0.05) is 30.8 Å². The normalized spacial score (nSPS) is 11.4. The average molecular weight is 532 g/mol. The summed E-state index contributed by atoms with van der Waals surface area (Å²) in [5, 5.41) is 0. The largest absolute Gasteiger partial charge is 0.435 e. The second-order valence-corrected chi connectivity index (χ2v) is 9.91. The molecule has 1 heterocycles. The first-order valence-corrected chi connectivity index (χ1v) is 14.0. The topological polar surface area (TPSA) is 30.3 Å². The molecule has 0 aliphatic rings. The fourth-order valence-electron chi connectivity index (χ4n) is 4.88. The number of unbranched alkanes of at least 4 members (excludes halogenated alkanes) is 3. The van der Waals surface area contributed by atoms with E-state index in [-0.39, 0.29) is 5.75 Å². The maximum Gasteiger partial charge on any atom is 0.387 e. The van der Waals surface area contributed by atoms with Crippen LogP contribution in [0.3, 0.4) is 0 Å². The maximum atomic E-state index is 12.6. The van der Waals surface area contributed by atoms with E-state index >= 15 is 0 Å². The predicted molar refractivity (Wildman–Crippen MR) is 155 cm³/mol. The molecule has 3 aromatic carbocycles. The zero-order chi connectivity index (χ0) is 27.5. The molecule has 39 heavy (non-hydrogen) atoms. The molecule has 0 aliphatic carbocycles. The van der Waals surface area contributed by atoms with E-state index in [0.29, 0.717) is 6.54 Å². The second kappa shape index (κ2) is 14.6. The molecule has 6 heteroatoms. The second-order valence-electron chi connectivity index (χ2n) is 9.91. The molecule has 206 valence electrons. The van der Waals surface area contributed by atoms with Crippen LogP contribution in [0.1, 0.15) is 57.2 Å². The number of hydrogen-bond donors (Lipinski definition) is 0. The minimum atomic E-state index is -2.82. The predicted octanol–water partition coefficient (Wildman–Crippen LogP) is 8.81. The first-order valence-electron chi connectivity index (χ1n) is 14.0. The van der Waals surface area contributed by atoms with E-state index in [4.69, 9.17) is 4.98 Å². The summed E-state index contributed by atoms with van der Waals surface area (Å²) in [6, 6.07) is 27.9. The SMILES string of the molecule is CCCCCN(Cc1ccc(OC(F)F)cc1)Cc1c(-c2ccccc2)nc(-c2ccccc2)n1CCCC. The van der Waals surface area contributed by atoms with Crippen LogP contribution < -0.4 is 4.74 Å². The van der Waals surface area contributed by atoms with Gasteiger partial charge in [0.2, 0.25) is 0 Å². The molecule has 0 amide bonds. The molecule has 0 radical (unpaired) electrons. The Morgan fingerprint density at radius 3 is 2.03 bits per heavy atom. The summed E-state index contributed by atoms with van der Waals surface area (Å²) in [7, 11) is 0. The zero-order valence-electron chi connectivity index (χ0n) is 23.0. The van der Waals surface area contributed by atoms with Crippen LogP contribution in [-0.4, -0.2) is 27.6 Å². The van der Waals surface area contributed by atoms with E-state index in [2.05, 4.69) is 76.6 Å². The Labute approximate surface area is 231 Å². The number of imidazole rings is 1. The van der Waals surface area contributed by atoms with Gasteiger partial charge in [0.1, 0.15) is 11.6 Å². The van der Waals surface area contributed by atoms with Gasteiger partial charge in [-0.2, -0.15) is 8.78 Å². The molecule has 0 N–H and O–H groups in total. The van der Waals surface area contributed by atoms with Crippen molar-refractivity contribution in [2.75, 3.05) is 6.54 Å². The Kier molecular flexibility index (Phi) is 10.7. The van der Waals surface area contributed by atoms with Crippen LogP contribution in [0, 0.1) is 0 Å². The molecule has 4 rings (SSSR count). The highest BCUT2D eigenvalue weighted by molar-refractivity contribution is 5.68. The minimum absolute atomic E-state index is 0.183. The van der Waals surface area contributed by atoms with E-state index in [1.807, 2.05) is 24.3 Å². The molecule has 0 saturated carbocycles. The number of ether oxygens (including phenoxy) is 1. The molecular weight excluding hydrogens is 492 g/mol. The van der Waals surface area contributed by atoms with Gasteiger partial charge < -0.3 is 9.30 Å². The molecule has 0 unspecified atom stereocenters. The van der Waals surface area contributed by atoms with Crippen molar-refractivity contribution in [3.63, 3.8) is 0 Å². The third-order valence-electron chi connectivity index (χ3n) is 6.89. The van der Waals surface area contributed by atoms with Gasteiger partial charge in [-0.15, -0.1) is 0 Å². The van der Waals surface area contributed by atoms with Crippen LogP contribution in [0.15, 0.2) is 84.9 Å². The van der Waals surface area contributed by atoms with Crippen LogP contribution in [0.4, 0.5) is 8.78 Å². The van der Waals surface area contributed by atoms with Gasteiger partial charge in [0.15, 0.2) is 0 Å². The number of halogens is 2. The van der Waals surface area contributed by atoms with Crippen LogP contribution in [0.25, 0.3) is 22.6 Å². The third kappa shape index (κ3) is 7.99. The van der Waals surface area contributed by atoms with Crippen LogP contribution in [0.5, 0.6) is 5.75 Å². The maximum absolute atomic E-state index is 12.6. The van der Waals surface area contributed by atoms with Crippen LogP contribution in [0.2, 0.25) is 0 Å². The van der Waals surface area contributed by atoms with Crippen LogP contribution >= 0.6 is 0 Å². The molecule has 0 saturated heterocycles. The molecule has 4 nitrogen and oxygen atoms in total. The summed E-state index contributed by atoms with van der Waals surface area (Å²) in [4.78, 5) is 7.71. The third-order valence-corrected chi connectivity index (χ3v) is 6.89. The summed E-state index contributed by atoms with van der Waals surface area (Å²) in [6.45, 7) is 4.91. The Morgan fingerprint density at radius 2 is 1.41 bits per heavy atom. The lowest BCUT2D eigenvalue weighted by Crippen LogP contribution is -2.26. The van der Waals surface area contributed by atoms with E-state index in [9.17, 15) is 8.78 Å². The molecule has 0 spiro atoms. The lowest BCUT2D eigenvalue weighted by molar-refractivity contribution is -0.0498. The zero-order valence-corrected chi connectivity index (χ0v) is 23.0. The lowest BCUT2D eigenvalue weighted by Gasteiger charge is -2.24. The van der Waals surface area contributed by atoms with E-state index in [1.54, 1.807) is 12.1 Å². The molecular formula is C33H39F2N3O. The number of alkyl halides is 2. The fraction of sp³-hybridized carbons (Fsp3) is 0.364. The summed E-state index contributed by atoms with van der Waals surface area (Å²) in [6.07, 6.45) is 5.57. The first kappa shape index (κ1) is 28.5. The first-order chi connectivity index (χ1) is 19.1. The Hall–Kier alpha value is -3.51. The van der Waals surface area contributed by atoms with Crippen molar-refractivity contribution in [3.05, 3.63) is 96.2 Å². The number of rotatable bonds is 15. The van der Waals surface area contributed by atoms with Crippen molar-refractivity contribution in [3.8, 4) is 28.4 Å². The molecule has 4 aromatic rings. The summed E-state index contributed by atoms with van der Waals surface area (Å²) in [5.41, 5.74) is 5.53.